The van der Waals surface area contributed by atoms with Gasteiger partial charge in [-0.15, -0.1) is 0 Å². The number of nitrogens with zero attached hydrogens (tertiary/aromatic N) is 1. The van der Waals surface area contributed by atoms with Crippen molar-refractivity contribution in [2.24, 2.45) is 17.7 Å². The summed E-state index contributed by atoms with van der Waals surface area (Å²) in [6.07, 6.45) is 8.14. The Hall–Kier alpha value is -1.45. The first-order valence-corrected chi connectivity index (χ1v) is 8.06. The van der Waals surface area contributed by atoms with Crippen LogP contribution < -0.4 is 11.3 Å². The Bertz CT molecular complexity index is 583. The van der Waals surface area contributed by atoms with Crippen LogP contribution in [0.25, 0.3) is 10.9 Å². The van der Waals surface area contributed by atoms with E-state index in [1.807, 2.05) is 12.3 Å². The smallest absolute Gasteiger partial charge is 0.0704 e. The van der Waals surface area contributed by atoms with Gasteiger partial charge in [0.15, 0.2) is 0 Å². The lowest BCUT2D eigenvalue weighted by atomic mass is 9.78. The first-order chi connectivity index (χ1) is 10.3. The summed E-state index contributed by atoms with van der Waals surface area (Å²) in [4.78, 5) is 4.45. The van der Waals surface area contributed by atoms with Crippen LogP contribution in [0.2, 0.25) is 0 Å². The molecule has 3 rings (SSSR count). The number of hydrogen-bond acceptors (Lipinski definition) is 3. The standard InChI is InChI=1S/C18H25N3/c1-13-6-8-14(9-7-13)18(21-19)12-15-10-11-20-17-5-3-2-4-16(15)17/h2-5,10-11,13-14,18,21H,6-9,12,19H2,1H3. The molecule has 1 atom stereocenters. The van der Waals surface area contributed by atoms with E-state index in [1.54, 1.807) is 0 Å². The summed E-state index contributed by atoms with van der Waals surface area (Å²) in [5.41, 5.74) is 5.50. The number of benzene rings is 1. The predicted octanol–water partition coefficient (Wildman–Crippen LogP) is 3.44. The molecule has 2 aromatic rings. The lowest BCUT2D eigenvalue weighted by molar-refractivity contribution is 0.230. The number of nitrogens with two attached hydrogens (primary N) is 1. The molecule has 1 heterocycles. The minimum atomic E-state index is 0.364. The van der Waals surface area contributed by atoms with Gasteiger partial charge in [0, 0.05) is 17.6 Å². The van der Waals surface area contributed by atoms with Crippen LogP contribution >= 0.6 is 0 Å². The zero-order valence-corrected chi connectivity index (χ0v) is 12.8. The SMILES string of the molecule is CC1CCC(C(Cc2ccnc3ccccc23)NN)CC1. The van der Waals surface area contributed by atoms with Crippen molar-refractivity contribution in [1.29, 1.82) is 0 Å². The minimum Gasteiger partial charge on any atom is -0.271 e. The zero-order chi connectivity index (χ0) is 14.7. The first kappa shape index (κ1) is 14.5. The molecule has 21 heavy (non-hydrogen) atoms. The maximum Gasteiger partial charge on any atom is 0.0704 e. The summed E-state index contributed by atoms with van der Waals surface area (Å²) in [5.74, 6) is 7.43. The van der Waals surface area contributed by atoms with E-state index in [4.69, 9.17) is 5.84 Å². The Morgan fingerprint density at radius 3 is 2.71 bits per heavy atom. The highest BCUT2D eigenvalue weighted by atomic mass is 15.2. The molecular weight excluding hydrogens is 258 g/mol. The molecule has 1 aliphatic carbocycles. The fourth-order valence-electron chi connectivity index (χ4n) is 3.62. The number of aromatic nitrogens is 1. The van der Waals surface area contributed by atoms with E-state index >= 15 is 0 Å². The maximum absolute atomic E-state index is 5.86. The third kappa shape index (κ3) is 3.25. The van der Waals surface area contributed by atoms with E-state index in [-0.39, 0.29) is 0 Å². The summed E-state index contributed by atoms with van der Waals surface area (Å²) in [7, 11) is 0. The molecule has 1 aromatic carbocycles. The fraction of sp³-hybridized carbons (Fsp3) is 0.500. The predicted molar refractivity (Wildman–Crippen MR) is 87.7 cm³/mol. The van der Waals surface area contributed by atoms with Gasteiger partial charge in [0.25, 0.3) is 0 Å². The fourth-order valence-corrected chi connectivity index (χ4v) is 3.62. The third-order valence-electron chi connectivity index (χ3n) is 5.02. The second-order valence-corrected chi connectivity index (χ2v) is 6.48. The molecular formula is C18H25N3. The van der Waals surface area contributed by atoms with Gasteiger partial charge in [-0.05, 0) is 48.8 Å². The number of nitrogens with one attached hydrogen (secondary N) is 1. The minimum absolute atomic E-state index is 0.364. The molecule has 1 saturated carbocycles. The van der Waals surface area contributed by atoms with E-state index in [2.05, 4.69) is 41.6 Å². The average molecular weight is 283 g/mol. The highest BCUT2D eigenvalue weighted by Crippen LogP contribution is 2.32. The summed E-state index contributed by atoms with van der Waals surface area (Å²) < 4.78 is 0. The molecule has 0 spiro atoms. The van der Waals surface area contributed by atoms with Gasteiger partial charge < -0.3 is 0 Å². The van der Waals surface area contributed by atoms with Crippen molar-refractivity contribution in [2.75, 3.05) is 0 Å². The van der Waals surface area contributed by atoms with Crippen LogP contribution in [0.4, 0.5) is 0 Å². The van der Waals surface area contributed by atoms with Gasteiger partial charge in [0.1, 0.15) is 0 Å². The quantitative estimate of drug-likeness (QED) is 0.667. The van der Waals surface area contributed by atoms with Crippen LogP contribution in [0, 0.1) is 11.8 Å². The van der Waals surface area contributed by atoms with Gasteiger partial charge in [-0.2, -0.15) is 0 Å². The molecule has 1 aromatic heterocycles. The molecule has 1 aliphatic rings. The van der Waals surface area contributed by atoms with Crippen molar-refractivity contribution in [3.63, 3.8) is 0 Å². The molecule has 112 valence electrons. The van der Waals surface area contributed by atoms with E-state index < -0.39 is 0 Å². The van der Waals surface area contributed by atoms with E-state index in [0.29, 0.717) is 12.0 Å². The molecule has 3 heteroatoms. The van der Waals surface area contributed by atoms with E-state index in [9.17, 15) is 0 Å². The Kier molecular flexibility index (Phi) is 4.51. The summed E-state index contributed by atoms with van der Waals surface area (Å²) >= 11 is 0. The topological polar surface area (TPSA) is 50.9 Å². The lowest BCUT2D eigenvalue weighted by Gasteiger charge is -2.32. The Balaban J connectivity index is 1.79. The Morgan fingerprint density at radius 2 is 1.95 bits per heavy atom. The van der Waals surface area contributed by atoms with Crippen LogP contribution in [-0.2, 0) is 6.42 Å². The molecule has 0 saturated heterocycles. The van der Waals surface area contributed by atoms with Crippen LogP contribution in [0.1, 0.15) is 38.2 Å². The summed E-state index contributed by atoms with van der Waals surface area (Å²) in [6, 6.07) is 10.9. The number of hydrogen-bond donors (Lipinski definition) is 2. The largest absolute Gasteiger partial charge is 0.271 e. The zero-order valence-electron chi connectivity index (χ0n) is 12.8. The number of rotatable bonds is 4. The van der Waals surface area contributed by atoms with E-state index in [1.165, 1.54) is 36.6 Å². The molecule has 3 nitrogen and oxygen atoms in total. The molecule has 1 unspecified atom stereocenters. The third-order valence-corrected chi connectivity index (χ3v) is 5.02. The molecule has 3 N–H and O–H groups in total. The summed E-state index contributed by atoms with van der Waals surface area (Å²) in [5, 5.41) is 1.25. The normalized spacial score (nSPS) is 24.1. The van der Waals surface area contributed by atoms with Gasteiger partial charge in [-0.25, -0.2) is 0 Å². The van der Waals surface area contributed by atoms with Crippen LogP contribution in [0.5, 0.6) is 0 Å². The monoisotopic (exact) mass is 283 g/mol. The van der Waals surface area contributed by atoms with E-state index in [0.717, 1.165) is 17.9 Å². The van der Waals surface area contributed by atoms with Gasteiger partial charge in [-0.3, -0.25) is 16.3 Å². The highest BCUT2D eigenvalue weighted by molar-refractivity contribution is 5.81. The Labute approximate surface area is 126 Å². The van der Waals surface area contributed by atoms with Crippen LogP contribution in [0.15, 0.2) is 36.5 Å². The van der Waals surface area contributed by atoms with Crippen LogP contribution in [0.3, 0.4) is 0 Å². The van der Waals surface area contributed by atoms with Crippen molar-refractivity contribution in [3.8, 4) is 0 Å². The Morgan fingerprint density at radius 1 is 1.19 bits per heavy atom. The number of fused-ring (bicyclic) bond motifs is 1. The molecule has 0 amide bonds. The van der Waals surface area contributed by atoms with Crippen molar-refractivity contribution in [2.45, 2.75) is 45.1 Å². The van der Waals surface area contributed by atoms with Crippen molar-refractivity contribution in [1.82, 2.24) is 10.4 Å². The maximum atomic E-state index is 5.86. The molecule has 1 fully saturated rings. The van der Waals surface area contributed by atoms with Gasteiger partial charge in [-0.1, -0.05) is 38.0 Å². The van der Waals surface area contributed by atoms with Crippen molar-refractivity contribution >= 4 is 10.9 Å². The number of hydrazine groups is 1. The number of para-hydroxylation sites is 1. The van der Waals surface area contributed by atoms with Gasteiger partial charge >= 0.3 is 0 Å². The van der Waals surface area contributed by atoms with Gasteiger partial charge in [0.05, 0.1) is 5.52 Å². The second-order valence-electron chi connectivity index (χ2n) is 6.48. The molecule has 0 aliphatic heterocycles. The lowest BCUT2D eigenvalue weighted by Crippen LogP contribution is -2.43. The number of pyridine rings is 1. The average Bonchev–Trinajstić information content (AvgIpc) is 2.54. The first-order valence-electron chi connectivity index (χ1n) is 8.06. The summed E-state index contributed by atoms with van der Waals surface area (Å²) in [6.45, 7) is 2.36. The molecule has 0 bridgehead atoms. The van der Waals surface area contributed by atoms with Crippen molar-refractivity contribution in [3.05, 3.63) is 42.1 Å². The van der Waals surface area contributed by atoms with Crippen LogP contribution in [-0.4, -0.2) is 11.0 Å². The highest BCUT2D eigenvalue weighted by Gasteiger charge is 2.25. The second kappa shape index (κ2) is 6.54. The van der Waals surface area contributed by atoms with Crippen molar-refractivity contribution < 1.29 is 0 Å². The van der Waals surface area contributed by atoms with Gasteiger partial charge in [0.2, 0.25) is 0 Å². The molecule has 0 radical (unpaired) electrons.